The van der Waals surface area contributed by atoms with E-state index in [0.29, 0.717) is 18.5 Å². The number of fused-ring (bicyclic) bond motifs is 1. The summed E-state index contributed by atoms with van der Waals surface area (Å²) in [6.45, 7) is 41.1. The third-order valence-electron chi connectivity index (χ3n) is 17.8. The second-order valence-corrected chi connectivity index (χ2v) is 26.0. The molecular weight excluding hydrogens is 1080 g/mol. The number of ketones is 1. The number of aromatic nitrogens is 2. The van der Waals surface area contributed by atoms with Crippen molar-refractivity contribution >= 4 is 40.3 Å². The molecule has 5 heterocycles. The van der Waals surface area contributed by atoms with E-state index in [-0.39, 0.29) is 23.8 Å². The Morgan fingerprint density at radius 3 is 1.94 bits per heavy atom. The Hall–Kier alpha value is -5.03. The second kappa shape index (κ2) is 45.3. The lowest BCUT2D eigenvalue weighted by Gasteiger charge is -2.21. The fraction of sp³-hybridized carbons (Fsp3) is 0.684. The van der Waals surface area contributed by atoms with Crippen LogP contribution in [0.2, 0.25) is 0 Å². The van der Waals surface area contributed by atoms with Gasteiger partial charge < -0.3 is 15.0 Å². The van der Waals surface area contributed by atoms with Crippen molar-refractivity contribution in [1.82, 2.24) is 15.3 Å². The molecule has 10 nitrogen and oxygen atoms in total. The first-order chi connectivity index (χ1) is 41.4. The van der Waals surface area contributed by atoms with Crippen LogP contribution in [0.4, 0.5) is 15.8 Å². The third kappa shape index (κ3) is 30.8. The Kier molecular flexibility index (Phi) is 41.6. The SMILES string of the molecule is C1CCCC1.CC1=C(c2cc(C(=O)CCC/C=C3/Nc4ccc(C)cc4N3C)cc(C)n2)C(C)=[N+](C)CC1.CCC(C)C.CCCC.CCCC(C)CCC(C)CC.CCCCC(COC)[C@H](C)CC.Cc1cc(F)c(C2CCC(=O)NC2=O)nc1C. The maximum absolute atomic E-state index is 13.8. The standard InChI is InChI=1S/C28H35N4O.C12H13FN2O2.C11H24O.C11H24.C5H10.C5H12.C4H10/c1-18-11-12-23-25(15-18)32(6)27(30-23)10-8-7-9-26(33)22-16-20(3)29-24(17-22)28-19(2)13-14-31(5)21(28)4;1-6-5-9(13)11(14-7(6)2)8-3-4-10(16)15-12(8)17;1-5-7-8-11(9-12-4)10(3)6-2;1-5-7-11(4)9-8-10(3)6-2;1-2-4-5-3-1;1-4-5(2)3;1-3-4-2/h10-12,15-17,30H,7-9,13-14H2,1-6H3;5,8H,3-4H2,1-2H3,(H,15,16,17);10-11H,5-9H2,1-4H3;10-11H,5-9H2,1-4H3;1-5H2;5H,4H2,1-3H3;3-4H2,1-2H3/q+1;;;;;;/b27-10-;;;;;;/t;;10-,11?;;;;/m..1..../s1. The number of nitrogens with one attached hydrogen (secondary N) is 2. The van der Waals surface area contributed by atoms with Crippen LogP contribution in [0.25, 0.3) is 5.57 Å². The smallest absolute Gasteiger partial charge is 0.235 e. The lowest BCUT2D eigenvalue weighted by Crippen LogP contribution is -2.40. The fourth-order valence-electron chi connectivity index (χ4n) is 10.4. The van der Waals surface area contributed by atoms with Crippen molar-refractivity contribution in [1.29, 1.82) is 0 Å². The van der Waals surface area contributed by atoms with Gasteiger partial charge in [-0.15, -0.1) is 0 Å². The van der Waals surface area contributed by atoms with Crippen molar-refractivity contribution in [2.45, 2.75) is 278 Å². The predicted octanol–water partition coefficient (Wildman–Crippen LogP) is 20.6. The van der Waals surface area contributed by atoms with Gasteiger partial charge in [0.25, 0.3) is 0 Å². The molecule has 1 saturated carbocycles. The van der Waals surface area contributed by atoms with E-state index in [1.165, 1.54) is 143 Å². The van der Waals surface area contributed by atoms with Crippen molar-refractivity contribution in [3.05, 3.63) is 99.2 Å². The number of carbonyl (C=O) groups is 3. The van der Waals surface area contributed by atoms with Gasteiger partial charge in [-0.25, -0.2) is 8.97 Å². The van der Waals surface area contributed by atoms with Crippen molar-refractivity contribution in [2.24, 2.45) is 29.6 Å². The highest BCUT2D eigenvalue weighted by atomic mass is 19.1. The van der Waals surface area contributed by atoms with E-state index in [1.54, 1.807) is 21.0 Å². The molecule has 7 rings (SSSR count). The van der Waals surface area contributed by atoms with Gasteiger partial charge >= 0.3 is 0 Å². The van der Waals surface area contributed by atoms with Crippen LogP contribution >= 0.6 is 0 Å². The van der Waals surface area contributed by atoms with E-state index >= 15 is 0 Å². The van der Waals surface area contributed by atoms with Gasteiger partial charge in [-0.2, -0.15) is 0 Å². The van der Waals surface area contributed by atoms with Gasteiger partial charge in [0.05, 0.1) is 34.3 Å². The Morgan fingerprint density at radius 2 is 1.39 bits per heavy atom. The number of benzene rings is 1. The molecule has 2 amide bonds. The van der Waals surface area contributed by atoms with E-state index in [1.807, 2.05) is 19.1 Å². The van der Waals surface area contributed by atoms with Crippen LogP contribution in [0.5, 0.6) is 0 Å². The Bertz CT molecular complexity index is 2550. The molecule has 0 radical (unpaired) electrons. The van der Waals surface area contributed by atoms with Crippen LogP contribution < -0.4 is 15.5 Å². The highest BCUT2D eigenvalue weighted by Crippen LogP contribution is 2.36. The molecule has 5 atom stereocenters. The van der Waals surface area contributed by atoms with E-state index in [2.05, 4.69) is 167 Å². The minimum absolute atomic E-state index is 0.137. The summed E-state index contributed by atoms with van der Waals surface area (Å²) in [6.07, 6.45) is 29.6. The number of pyridine rings is 2. The van der Waals surface area contributed by atoms with Crippen molar-refractivity contribution in [3.8, 4) is 0 Å². The van der Waals surface area contributed by atoms with E-state index in [9.17, 15) is 18.8 Å². The molecular formula is C76H128FN6O4+. The molecule has 1 aromatic carbocycles. The van der Waals surface area contributed by atoms with Gasteiger partial charge in [0, 0.05) is 63.9 Å². The number of unbranched alkanes of at least 4 members (excludes halogenated alkanes) is 3. The second-order valence-electron chi connectivity index (χ2n) is 26.0. The number of imide groups is 1. The molecule has 492 valence electrons. The van der Waals surface area contributed by atoms with Crippen LogP contribution in [0.15, 0.2) is 53.9 Å². The van der Waals surface area contributed by atoms with Crippen LogP contribution in [0.3, 0.4) is 0 Å². The zero-order valence-corrected chi connectivity index (χ0v) is 59.5. The Balaban J connectivity index is 0.000000586. The zero-order chi connectivity index (χ0) is 65.6. The molecule has 4 aliphatic rings. The predicted molar refractivity (Wildman–Crippen MR) is 372 cm³/mol. The van der Waals surface area contributed by atoms with Gasteiger partial charge in [0.15, 0.2) is 11.5 Å². The number of hydrogen-bond acceptors (Lipinski definition) is 8. The molecule has 3 aromatic rings. The summed E-state index contributed by atoms with van der Waals surface area (Å²) in [5, 5.41) is 5.68. The Labute approximate surface area is 532 Å². The molecule has 3 aliphatic heterocycles. The molecule has 1 saturated heterocycles. The van der Waals surface area contributed by atoms with E-state index in [4.69, 9.17) is 9.72 Å². The van der Waals surface area contributed by atoms with Crippen LogP contribution in [0.1, 0.15) is 295 Å². The van der Waals surface area contributed by atoms with Crippen molar-refractivity contribution in [3.63, 3.8) is 0 Å². The fourth-order valence-corrected chi connectivity index (χ4v) is 10.4. The van der Waals surface area contributed by atoms with Gasteiger partial charge in [0.1, 0.15) is 25.2 Å². The monoisotopic (exact) mass is 1210 g/mol. The highest BCUT2D eigenvalue weighted by molar-refractivity contribution is 6.21. The summed E-state index contributed by atoms with van der Waals surface area (Å²) in [5.74, 6) is 3.72. The summed E-state index contributed by atoms with van der Waals surface area (Å²) < 4.78 is 21.3. The molecule has 0 spiro atoms. The van der Waals surface area contributed by atoms with E-state index < -0.39 is 17.6 Å². The number of piperidine rings is 1. The molecule has 1 aliphatic carbocycles. The van der Waals surface area contributed by atoms with Crippen LogP contribution in [-0.2, 0) is 14.3 Å². The lowest BCUT2D eigenvalue weighted by atomic mass is 9.88. The third-order valence-corrected chi connectivity index (χ3v) is 17.8. The first-order valence-corrected chi connectivity index (χ1v) is 34.4. The highest BCUT2D eigenvalue weighted by Gasteiger charge is 2.32. The summed E-state index contributed by atoms with van der Waals surface area (Å²) in [6, 6.07) is 11.7. The number of aryl methyl sites for hydroxylation is 4. The number of rotatable bonds is 22. The average Bonchev–Trinajstić information content (AvgIpc) is 2.16. The number of nitrogens with zero attached hydrogens (tertiary/aromatic N) is 4. The van der Waals surface area contributed by atoms with Gasteiger partial charge in [-0.1, -0.05) is 197 Å². The van der Waals surface area contributed by atoms with E-state index in [0.717, 1.165) is 96.0 Å². The molecule has 2 aromatic heterocycles. The maximum Gasteiger partial charge on any atom is 0.235 e. The molecule has 4 unspecified atom stereocenters. The van der Waals surface area contributed by atoms with Crippen LogP contribution in [-0.4, -0.2) is 72.2 Å². The first kappa shape index (κ1) is 80.0. The van der Waals surface area contributed by atoms with Crippen LogP contribution in [0, 0.1) is 63.1 Å². The molecule has 11 heteroatoms. The minimum Gasteiger partial charge on any atom is -0.384 e. The number of amides is 2. The number of carbonyl (C=O) groups excluding carboxylic acids is 3. The summed E-state index contributed by atoms with van der Waals surface area (Å²) in [5.41, 5.74) is 11.5. The van der Waals surface area contributed by atoms with Gasteiger partial charge in [0.2, 0.25) is 11.8 Å². The number of hydrogen-bond donors (Lipinski definition) is 2. The number of allylic oxidation sites excluding steroid dienone is 2. The quantitative estimate of drug-likeness (QED) is 0.0442. The van der Waals surface area contributed by atoms with Gasteiger partial charge in [-0.05, 0) is 137 Å². The molecule has 2 fully saturated rings. The number of methoxy groups -OCH3 is 1. The minimum atomic E-state index is -0.660. The topological polar surface area (TPSA) is 117 Å². The summed E-state index contributed by atoms with van der Waals surface area (Å²) in [4.78, 5) is 46.7. The average molecular weight is 1210 g/mol. The van der Waals surface area contributed by atoms with Crippen molar-refractivity contribution < 1.29 is 28.1 Å². The normalized spacial score (nSPS) is 17.0. The Morgan fingerprint density at radius 1 is 0.759 bits per heavy atom. The number of halogens is 1. The lowest BCUT2D eigenvalue weighted by molar-refractivity contribution is -0.497. The summed E-state index contributed by atoms with van der Waals surface area (Å²) in [7, 11) is 6.00. The maximum atomic E-state index is 13.8. The number of anilines is 2. The zero-order valence-electron chi connectivity index (χ0n) is 59.5. The molecule has 2 N–H and O–H groups in total. The molecule has 87 heavy (non-hydrogen) atoms. The van der Waals surface area contributed by atoms with Crippen molar-refractivity contribution in [2.75, 3.05) is 44.6 Å². The first-order valence-electron chi connectivity index (χ1n) is 34.4. The number of Topliss-reactive ketones (excluding diaryl/α,β-unsaturated/α-hetero) is 1. The van der Waals surface area contributed by atoms with Gasteiger partial charge in [-0.3, -0.25) is 29.7 Å². The molecule has 0 bridgehead atoms. The largest absolute Gasteiger partial charge is 0.384 e. The summed E-state index contributed by atoms with van der Waals surface area (Å²) >= 11 is 0. The number of ether oxygens (including phenoxy) is 1.